The van der Waals surface area contributed by atoms with Crippen LogP contribution in [-0.2, 0) is 6.54 Å². The number of nitrogens with one attached hydrogen (secondary N) is 1. The normalized spacial score (nSPS) is 11.0. The van der Waals surface area contributed by atoms with Crippen LogP contribution in [0.4, 0.5) is 5.69 Å². The van der Waals surface area contributed by atoms with Crippen LogP contribution in [0.3, 0.4) is 0 Å². The molecule has 0 aliphatic rings. The molecule has 3 aromatic carbocycles. The van der Waals surface area contributed by atoms with Crippen molar-refractivity contribution in [3.05, 3.63) is 123 Å². The monoisotopic (exact) mass is 438 g/mol. The number of anilines is 1. The number of rotatable bonds is 6. The lowest BCUT2D eigenvalue weighted by Gasteiger charge is -2.31. The number of hydrogen-bond acceptors (Lipinski definition) is 4. The molecular weight excluding hydrogens is 412 g/mol. The van der Waals surface area contributed by atoms with Gasteiger partial charge in [0.25, 0.3) is 11.1 Å². The molecule has 0 saturated carbocycles. The molecule has 6 heteroatoms. The third-order valence-electron chi connectivity index (χ3n) is 5.54. The number of nitrogens with zero attached hydrogens (tertiary/aromatic N) is 3. The van der Waals surface area contributed by atoms with E-state index in [0.29, 0.717) is 22.4 Å². The van der Waals surface area contributed by atoms with Gasteiger partial charge in [0.05, 0.1) is 17.6 Å². The highest BCUT2D eigenvalue weighted by molar-refractivity contribution is 5.76. The lowest BCUT2D eigenvalue weighted by Crippen LogP contribution is -2.44. The van der Waals surface area contributed by atoms with Crippen molar-refractivity contribution in [1.82, 2.24) is 9.13 Å². The molecule has 0 aliphatic carbocycles. The predicted molar refractivity (Wildman–Crippen MR) is 133 cm³/mol. The summed E-state index contributed by atoms with van der Waals surface area (Å²) in [6.45, 7) is 8.52. The fourth-order valence-corrected chi connectivity index (χ4v) is 4.12. The molecule has 0 atom stereocenters. The van der Waals surface area contributed by atoms with Crippen molar-refractivity contribution >= 4 is 16.7 Å². The molecule has 6 nitrogen and oxygen atoms in total. The van der Waals surface area contributed by atoms with Gasteiger partial charge in [0.15, 0.2) is 5.36 Å². The minimum absolute atomic E-state index is 0.0964. The van der Waals surface area contributed by atoms with E-state index in [1.807, 2.05) is 60.7 Å². The average Bonchev–Trinajstić information content (AvgIpc) is 2.90. The molecule has 0 amide bonds. The molecule has 0 radical (unpaired) electrons. The second-order valence-electron chi connectivity index (χ2n) is 8.10. The first-order valence-corrected chi connectivity index (χ1v) is 10.8. The standard InChI is InChI=1S/C27H26N4O2/c1-19(2)30(21-12-6-4-7-13-21)20(3)18-29-23-16-10-11-17-24(23)31(22-14-8-5-9-15-22)27(33)25(28)26(29)32/h4-17,19,28H,3,18H2,1-2H3. The first kappa shape index (κ1) is 22.0. The zero-order valence-corrected chi connectivity index (χ0v) is 18.7. The number of aromatic nitrogens is 2. The SMILES string of the molecule is C=C(Cn1c(=O)c(=N)c(=O)n(-c2ccccc2)c2ccccc21)N(c1ccccc1)C(C)C. The van der Waals surface area contributed by atoms with Gasteiger partial charge in [-0.15, -0.1) is 0 Å². The van der Waals surface area contributed by atoms with E-state index in [-0.39, 0.29) is 12.6 Å². The molecule has 0 unspecified atom stereocenters. The molecular formula is C27H26N4O2. The number of fused-ring (bicyclic) bond motifs is 1. The zero-order chi connectivity index (χ0) is 23.5. The van der Waals surface area contributed by atoms with Crippen molar-refractivity contribution in [2.75, 3.05) is 4.90 Å². The maximum atomic E-state index is 13.4. The quantitative estimate of drug-likeness (QED) is 0.494. The van der Waals surface area contributed by atoms with E-state index in [1.54, 1.807) is 24.3 Å². The van der Waals surface area contributed by atoms with E-state index in [2.05, 4.69) is 25.3 Å². The molecule has 4 aromatic rings. The number of hydrogen-bond donors (Lipinski definition) is 1. The lowest BCUT2D eigenvalue weighted by molar-refractivity contribution is 0.680. The molecule has 166 valence electrons. The minimum Gasteiger partial charge on any atom is -0.341 e. The summed E-state index contributed by atoms with van der Waals surface area (Å²) in [7, 11) is 0. The van der Waals surface area contributed by atoms with Crippen molar-refractivity contribution in [2.24, 2.45) is 0 Å². The van der Waals surface area contributed by atoms with Crippen LogP contribution in [-0.4, -0.2) is 15.2 Å². The third kappa shape index (κ3) is 4.15. The molecule has 0 spiro atoms. The summed E-state index contributed by atoms with van der Waals surface area (Å²) in [5.41, 5.74) is 2.05. The van der Waals surface area contributed by atoms with Crippen molar-refractivity contribution < 1.29 is 0 Å². The fraction of sp³-hybridized carbons (Fsp3) is 0.148. The van der Waals surface area contributed by atoms with E-state index >= 15 is 0 Å². The molecule has 0 bridgehead atoms. The van der Waals surface area contributed by atoms with Crippen LogP contribution in [0, 0.1) is 5.41 Å². The summed E-state index contributed by atoms with van der Waals surface area (Å²) in [6.07, 6.45) is 0. The average molecular weight is 439 g/mol. The van der Waals surface area contributed by atoms with E-state index in [9.17, 15) is 9.59 Å². The number of para-hydroxylation sites is 4. The van der Waals surface area contributed by atoms with Gasteiger partial charge in [-0.25, -0.2) is 0 Å². The second-order valence-corrected chi connectivity index (χ2v) is 8.10. The molecule has 1 aromatic heterocycles. The van der Waals surface area contributed by atoms with Gasteiger partial charge in [0.2, 0.25) is 0 Å². The van der Waals surface area contributed by atoms with Crippen LogP contribution in [0.15, 0.2) is 107 Å². The highest BCUT2D eigenvalue weighted by Gasteiger charge is 2.18. The second kappa shape index (κ2) is 9.12. The molecule has 0 aliphatic heterocycles. The first-order chi connectivity index (χ1) is 15.9. The van der Waals surface area contributed by atoms with E-state index in [1.165, 1.54) is 9.13 Å². The molecule has 0 saturated heterocycles. The van der Waals surface area contributed by atoms with Crippen LogP contribution in [0.25, 0.3) is 16.7 Å². The van der Waals surface area contributed by atoms with Gasteiger partial charge in [-0.3, -0.25) is 24.1 Å². The Morgan fingerprint density at radius 3 is 2.00 bits per heavy atom. The van der Waals surface area contributed by atoms with E-state index in [0.717, 1.165) is 5.69 Å². The summed E-state index contributed by atoms with van der Waals surface area (Å²) in [6, 6.07) is 26.2. The Kier molecular flexibility index (Phi) is 6.09. The van der Waals surface area contributed by atoms with E-state index in [4.69, 9.17) is 5.41 Å². The number of benzene rings is 3. The first-order valence-electron chi connectivity index (χ1n) is 10.8. The van der Waals surface area contributed by atoms with Crippen molar-refractivity contribution in [3.8, 4) is 5.69 Å². The Morgan fingerprint density at radius 1 is 0.848 bits per heavy atom. The molecule has 0 fully saturated rings. The van der Waals surface area contributed by atoms with Gasteiger partial charge >= 0.3 is 0 Å². The predicted octanol–water partition coefficient (Wildman–Crippen LogP) is 4.06. The van der Waals surface area contributed by atoms with Gasteiger partial charge < -0.3 is 4.90 Å². The molecule has 4 rings (SSSR count). The van der Waals surface area contributed by atoms with Gasteiger partial charge in [0.1, 0.15) is 0 Å². The highest BCUT2D eigenvalue weighted by Crippen LogP contribution is 2.23. The Hall–Kier alpha value is -4.19. The van der Waals surface area contributed by atoms with Crippen molar-refractivity contribution in [1.29, 1.82) is 5.41 Å². The Balaban J connectivity index is 1.97. The summed E-state index contributed by atoms with van der Waals surface area (Å²) < 4.78 is 2.90. The lowest BCUT2D eigenvalue weighted by atomic mass is 10.2. The van der Waals surface area contributed by atoms with Crippen molar-refractivity contribution in [3.63, 3.8) is 0 Å². The fourth-order valence-electron chi connectivity index (χ4n) is 4.12. The highest BCUT2D eigenvalue weighted by atomic mass is 16.1. The minimum atomic E-state index is -0.657. The topological polar surface area (TPSA) is 71.1 Å². The smallest absolute Gasteiger partial charge is 0.286 e. The summed E-state index contributed by atoms with van der Waals surface area (Å²) in [5.74, 6) is 0. The summed E-state index contributed by atoms with van der Waals surface area (Å²) in [5, 5.41) is 7.82. The van der Waals surface area contributed by atoms with Crippen LogP contribution in [0.1, 0.15) is 13.8 Å². The van der Waals surface area contributed by atoms with Gasteiger partial charge in [-0.1, -0.05) is 55.1 Å². The summed E-state index contributed by atoms with van der Waals surface area (Å²) in [4.78, 5) is 28.6. The van der Waals surface area contributed by atoms with Gasteiger partial charge in [-0.05, 0) is 50.2 Å². The maximum absolute atomic E-state index is 13.4. The van der Waals surface area contributed by atoms with Crippen LogP contribution >= 0.6 is 0 Å². The van der Waals surface area contributed by atoms with Gasteiger partial charge in [0, 0.05) is 23.1 Å². The van der Waals surface area contributed by atoms with Crippen molar-refractivity contribution in [2.45, 2.75) is 26.4 Å². The Morgan fingerprint density at radius 2 is 1.39 bits per heavy atom. The Labute approximate surface area is 191 Å². The largest absolute Gasteiger partial charge is 0.341 e. The Bertz CT molecular complexity index is 1490. The molecule has 1 heterocycles. The molecule has 33 heavy (non-hydrogen) atoms. The van der Waals surface area contributed by atoms with Gasteiger partial charge in [-0.2, -0.15) is 0 Å². The maximum Gasteiger partial charge on any atom is 0.286 e. The number of allylic oxidation sites excluding steroid dienone is 1. The van der Waals surface area contributed by atoms with Crippen LogP contribution in [0.2, 0.25) is 0 Å². The van der Waals surface area contributed by atoms with E-state index < -0.39 is 16.5 Å². The third-order valence-corrected chi connectivity index (χ3v) is 5.54. The summed E-state index contributed by atoms with van der Waals surface area (Å²) >= 11 is 0. The molecule has 1 N–H and O–H groups in total. The van der Waals surface area contributed by atoms with Crippen LogP contribution in [0.5, 0.6) is 0 Å². The zero-order valence-electron chi connectivity index (χ0n) is 18.7. The van der Waals surface area contributed by atoms with Crippen LogP contribution < -0.4 is 21.4 Å².